The van der Waals surface area contributed by atoms with Gasteiger partial charge < -0.3 is 10.1 Å². The van der Waals surface area contributed by atoms with Crippen LogP contribution < -0.4 is 10.1 Å². The highest BCUT2D eigenvalue weighted by atomic mass is 79.9. The predicted molar refractivity (Wildman–Crippen MR) is 87.9 cm³/mol. The number of benzene rings is 2. The number of carbonyl (C=O) groups excluding carboxylic acids is 1. The number of carbonyl (C=O) groups is 1. The number of methoxy groups -OCH3 is 1. The molecule has 2 rings (SSSR count). The van der Waals surface area contributed by atoms with Crippen molar-refractivity contribution in [1.82, 2.24) is 5.32 Å². The van der Waals surface area contributed by atoms with Gasteiger partial charge in [0.2, 0.25) is 0 Å². The molecule has 0 bridgehead atoms. The largest absolute Gasteiger partial charge is 0.496 e. The third kappa shape index (κ3) is 4.08. The van der Waals surface area contributed by atoms with Crippen LogP contribution >= 0.6 is 15.9 Å². The Bertz CT molecular complexity index is 640. The van der Waals surface area contributed by atoms with E-state index in [1.54, 1.807) is 25.3 Å². The van der Waals surface area contributed by atoms with Crippen molar-refractivity contribution < 1.29 is 9.53 Å². The highest BCUT2D eigenvalue weighted by molar-refractivity contribution is 9.10. The van der Waals surface area contributed by atoms with E-state index in [0.717, 1.165) is 10.9 Å². The summed E-state index contributed by atoms with van der Waals surface area (Å²) in [6, 6.07) is 13.5. The standard InChI is InChI=1S/C17H18BrNO2/c1-12-5-3-4-6-13(12)9-10-19-17(20)14-7-8-16(21-2)15(18)11-14/h3-8,11H,9-10H2,1-2H3,(H,19,20). The Hall–Kier alpha value is -1.81. The fraction of sp³-hybridized carbons (Fsp3) is 0.235. The summed E-state index contributed by atoms with van der Waals surface area (Å²) in [4.78, 5) is 12.1. The molecular weight excluding hydrogens is 330 g/mol. The van der Waals surface area contributed by atoms with Gasteiger partial charge in [0.25, 0.3) is 5.91 Å². The van der Waals surface area contributed by atoms with Crippen LogP contribution in [0.15, 0.2) is 46.9 Å². The van der Waals surface area contributed by atoms with Gasteiger partial charge in [0.15, 0.2) is 0 Å². The first-order valence-electron chi connectivity index (χ1n) is 6.78. The zero-order valence-electron chi connectivity index (χ0n) is 12.2. The number of aryl methyl sites for hydroxylation is 1. The molecule has 0 radical (unpaired) electrons. The maximum atomic E-state index is 12.1. The average molecular weight is 348 g/mol. The lowest BCUT2D eigenvalue weighted by molar-refractivity contribution is 0.0954. The van der Waals surface area contributed by atoms with Gasteiger partial charge >= 0.3 is 0 Å². The monoisotopic (exact) mass is 347 g/mol. The number of ether oxygens (including phenoxy) is 1. The van der Waals surface area contributed by atoms with Gasteiger partial charge in [-0.1, -0.05) is 24.3 Å². The van der Waals surface area contributed by atoms with Gasteiger partial charge in [0.1, 0.15) is 5.75 Å². The quantitative estimate of drug-likeness (QED) is 0.894. The van der Waals surface area contributed by atoms with Gasteiger partial charge in [0, 0.05) is 12.1 Å². The molecule has 0 heterocycles. The Morgan fingerprint density at radius 2 is 2.00 bits per heavy atom. The van der Waals surface area contributed by atoms with Crippen molar-refractivity contribution in [1.29, 1.82) is 0 Å². The van der Waals surface area contributed by atoms with Crippen LogP contribution in [-0.4, -0.2) is 19.6 Å². The molecule has 0 unspecified atom stereocenters. The first kappa shape index (κ1) is 15.6. The SMILES string of the molecule is COc1ccc(C(=O)NCCc2ccccc2C)cc1Br. The second kappa shape index (κ2) is 7.27. The third-order valence-electron chi connectivity index (χ3n) is 3.36. The zero-order valence-corrected chi connectivity index (χ0v) is 13.7. The van der Waals surface area contributed by atoms with Crippen LogP contribution in [0.1, 0.15) is 21.5 Å². The van der Waals surface area contributed by atoms with E-state index in [4.69, 9.17) is 4.74 Å². The van der Waals surface area contributed by atoms with E-state index in [0.29, 0.717) is 17.9 Å². The van der Waals surface area contributed by atoms with Gasteiger partial charge in [-0.3, -0.25) is 4.79 Å². The molecule has 0 atom stereocenters. The Morgan fingerprint density at radius 3 is 2.67 bits per heavy atom. The van der Waals surface area contributed by atoms with Gasteiger partial charge in [-0.25, -0.2) is 0 Å². The molecule has 0 fully saturated rings. The van der Waals surface area contributed by atoms with E-state index in [9.17, 15) is 4.79 Å². The lowest BCUT2D eigenvalue weighted by atomic mass is 10.1. The van der Waals surface area contributed by atoms with Crippen molar-refractivity contribution in [3.63, 3.8) is 0 Å². The number of hydrogen-bond acceptors (Lipinski definition) is 2. The molecule has 0 saturated heterocycles. The summed E-state index contributed by atoms with van der Waals surface area (Å²) in [5, 5.41) is 2.94. The van der Waals surface area contributed by atoms with Crippen molar-refractivity contribution in [2.75, 3.05) is 13.7 Å². The molecule has 4 heteroatoms. The molecule has 0 aromatic heterocycles. The third-order valence-corrected chi connectivity index (χ3v) is 3.97. The molecule has 2 aromatic rings. The molecule has 0 aliphatic rings. The van der Waals surface area contributed by atoms with Gasteiger partial charge in [-0.2, -0.15) is 0 Å². The van der Waals surface area contributed by atoms with Crippen LogP contribution in [0.2, 0.25) is 0 Å². The predicted octanol–water partition coefficient (Wildman–Crippen LogP) is 3.74. The Kier molecular flexibility index (Phi) is 5.39. The fourth-order valence-corrected chi connectivity index (χ4v) is 2.65. The zero-order chi connectivity index (χ0) is 15.2. The highest BCUT2D eigenvalue weighted by Crippen LogP contribution is 2.25. The first-order valence-corrected chi connectivity index (χ1v) is 7.57. The maximum Gasteiger partial charge on any atom is 0.251 e. The van der Waals surface area contributed by atoms with Crippen molar-refractivity contribution >= 4 is 21.8 Å². The van der Waals surface area contributed by atoms with E-state index >= 15 is 0 Å². The summed E-state index contributed by atoms with van der Waals surface area (Å²) in [7, 11) is 1.60. The summed E-state index contributed by atoms with van der Waals surface area (Å²) in [6.07, 6.45) is 0.829. The summed E-state index contributed by atoms with van der Waals surface area (Å²) in [5.74, 6) is 0.637. The van der Waals surface area contributed by atoms with Crippen LogP contribution in [0.5, 0.6) is 5.75 Å². The van der Waals surface area contributed by atoms with Crippen LogP contribution in [-0.2, 0) is 6.42 Å². The minimum absolute atomic E-state index is 0.0769. The number of nitrogens with one attached hydrogen (secondary N) is 1. The summed E-state index contributed by atoms with van der Waals surface area (Å²) < 4.78 is 5.93. The van der Waals surface area contributed by atoms with Crippen molar-refractivity contribution in [3.8, 4) is 5.75 Å². The second-order valence-electron chi connectivity index (χ2n) is 4.78. The first-order chi connectivity index (χ1) is 10.1. The molecule has 1 N–H and O–H groups in total. The number of amides is 1. The maximum absolute atomic E-state index is 12.1. The van der Waals surface area contributed by atoms with Crippen LogP contribution in [0.3, 0.4) is 0 Å². The Morgan fingerprint density at radius 1 is 1.24 bits per heavy atom. The molecule has 2 aromatic carbocycles. The van der Waals surface area contributed by atoms with E-state index in [1.807, 2.05) is 12.1 Å². The van der Waals surface area contributed by atoms with E-state index in [2.05, 4.69) is 40.3 Å². The average Bonchev–Trinajstić information content (AvgIpc) is 2.49. The van der Waals surface area contributed by atoms with E-state index in [-0.39, 0.29) is 5.91 Å². The number of rotatable bonds is 5. The molecule has 0 saturated carbocycles. The van der Waals surface area contributed by atoms with E-state index < -0.39 is 0 Å². The molecular formula is C17H18BrNO2. The molecule has 0 spiro atoms. The lowest BCUT2D eigenvalue weighted by Crippen LogP contribution is -2.25. The normalized spacial score (nSPS) is 10.2. The molecule has 0 aliphatic heterocycles. The smallest absolute Gasteiger partial charge is 0.251 e. The molecule has 110 valence electrons. The van der Waals surface area contributed by atoms with Gasteiger partial charge in [-0.15, -0.1) is 0 Å². The molecule has 3 nitrogen and oxygen atoms in total. The Labute approximate surface area is 133 Å². The van der Waals surface area contributed by atoms with Crippen LogP contribution in [0.4, 0.5) is 0 Å². The van der Waals surface area contributed by atoms with Gasteiger partial charge in [0.05, 0.1) is 11.6 Å². The van der Waals surface area contributed by atoms with Crippen LogP contribution in [0.25, 0.3) is 0 Å². The number of halogens is 1. The highest BCUT2D eigenvalue weighted by Gasteiger charge is 2.08. The second-order valence-corrected chi connectivity index (χ2v) is 5.64. The minimum Gasteiger partial charge on any atom is -0.496 e. The molecule has 1 amide bonds. The molecule has 0 aliphatic carbocycles. The summed E-state index contributed by atoms with van der Waals surface area (Å²) >= 11 is 3.39. The topological polar surface area (TPSA) is 38.3 Å². The summed E-state index contributed by atoms with van der Waals surface area (Å²) in [6.45, 7) is 2.70. The van der Waals surface area contributed by atoms with E-state index in [1.165, 1.54) is 11.1 Å². The molecule has 21 heavy (non-hydrogen) atoms. The summed E-state index contributed by atoms with van der Waals surface area (Å²) in [5.41, 5.74) is 3.13. The fourth-order valence-electron chi connectivity index (χ4n) is 2.11. The lowest BCUT2D eigenvalue weighted by Gasteiger charge is -2.09. The van der Waals surface area contributed by atoms with Crippen molar-refractivity contribution in [3.05, 3.63) is 63.6 Å². The van der Waals surface area contributed by atoms with Crippen LogP contribution in [0, 0.1) is 6.92 Å². The van der Waals surface area contributed by atoms with Gasteiger partial charge in [-0.05, 0) is 58.6 Å². The number of hydrogen-bond donors (Lipinski definition) is 1. The Balaban J connectivity index is 1.93. The van der Waals surface area contributed by atoms with Crippen molar-refractivity contribution in [2.45, 2.75) is 13.3 Å². The van der Waals surface area contributed by atoms with Crippen molar-refractivity contribution in [2.24, 2.45) is 0 Å². The minimum atomic E-state index is -0.0769.